The number of aromatic nitrogens is 2. The molecule has 43 heavy (non-hydrogen) atoms. The van der Waals surface area contributed by atoms with Gasteiger partial charge in [-0.3, -0.25) is 4.79 Å². The van der Waals surface area contributed by atoms with Gasteiger partial charge in [-0.25, -0.2) is 22.2 Å². The van der Waals surface area contributed by atoms with E-state index in [1.54, 1.807) is 23.8 Å². The molecule has 0 saturated carbocycles. The van der Waals surface area contributed by atoms with Gasteiger partial charge in [-0.1, -0.05) is 52.3 Å². The number of carbonyl (C=O) groups is 1. The summed E-state index contributed by atoms with van der Waals surface area (Å²) in [5.41, 5.74) is -0.624. The van der Waals surface area contributed by atoms with Gasteiger partial charge in [0, 0.05) is 57.2 Å². The maximum absolute atomic E-state index is 16.2. The van der Waals surface area contributed by atoms with E-state index in [0.29, 0.717) is 35.1 Å². The minimum Gasteiger partial charge on any atom is -0.380 e. The lowest BCUT2D eigenvalue weighted by Gasteiger charge is -2.21. The fraction of sp³-hybridized carbons (Fsp3) is 0.533. The van der Waals surface area contributed by atoms with E-state index in [4.69, 9.17) is 9.47 Å². The molecule has 2 heterocycles. The Balaban J connectivity index is 2.03. The van der Waals surface area contributed by atoms with Gasteiger partial charge in [0.2, 0.25) is 5.78 Å². The van der Waals surface area contributed by atoms with Crippen LogP contribution in [0.5, 0.6) is 0 Å². The van der Waals surface area contributed by atoms with Crippen LogP contribution in [-0.2, 0) is 26.0 Å². The van der Waals surface area contributed by atoms with Gasteiger partial charge in [0.1, 0.15) is 29.3 Å². The van der Waals surface area contributed by atoms with Gasteiger partial charge in [-0.2, -0.15) is 0 Å². The summed E-state index contributed by atoms with van der Waals surface area (Å²) in [4.78, 5) is 18.3. The predicted octanol–water partition coefficient (Wildman–Crippen LogP) is 7.84. The van der Waals surface area contributed by atoms with Crippen LogP contribution < -0.4 is 0 Å². The van der Waals surface area contributed by atoms with Crippen molar-refractivity contribution < 1.29 is 31.5 Å². The number of nitrogens with zero attached hydrogens (tertiary/aromatic N) is 2. The van der Waals surface area contributed by atoms with Crippen molar-refractivity contribution in [3.63, 3.8) is 0 Å². The Morgan fingerprint density at radius 1 is 1.05 bits per heavy atom. The zero-order chi connectivity index (χ0) is 32.2. The molecule has 0 aliphatic heterocycles. The predicted molar refractivity (Wildman–Crippen MR) is 177 cm³/mol. The first-order valence-corrected chi connectivity index (χ1v) is 24.4. The van der Waals surface area contributed by atoms with Gasteiger partial charge in [0.25, 0.3) is 0 Å². The number of fused-ring (bicyclic) bond motifs is 1. The third-order valence-corrected chi connectivity index (χ3v) is 13.1. The lowest BCUT2D eigenvalue weighted by atomic mass is 9.98. The van der Waals surface area contributed by atoms with Crippen LogP contribution >= 0.6 is 15.9 Å². The highest BCUT2D eigenvalue weighted by Crippen LogP contribution is 2.33. The average molecular weight is 718 g/mol. The molecule has 3 aromatic rings. The normalized spacial score (nSPS) is 13.5. The summed E-state index contributed by atoms with van der Waals surface area (Å²) < 4.78 is 71.9. The second kappa shape index (κ2) is 14.5. The van der Waals surface area contributed by atoms with Crippen molar-refractivity contribution in [2.24, 2.45) is 0 Å². The van der Waals surface area contributed by atoms with Crippen molar-refractivity contribution in [3.05, 3.63) is 63.4 Å². The SMILES string of the molecule is CCCS(=O)(=O)C(COCC[Si](C)(C)C)c1ccc(F)c(C(=O)c2cn(COCC[Si](C)(C)C)c3ncc(Br)cc23)c1F. The monoisotopic (exact) mass is 716 g/mol. The molecule has 0 aliphatic rings. The maximum Gasteiger partial charge on any atom is 0.201 e. The van der Waals surface area contributed by atoms with Gasteiger partial charge >= 0.3 is 0 Å². The molecule has 0 bridgehead atoms. The molecular weight excluding hydrogens is 674 g/mol. The molecule has 0 spiro atoms. The van der Waals surface area contributed by atoms with E-state index in [1.807, 2.05) is 0 Å². The molecule has 3 rings (SSSR count). The van der Waals surface area contributed by atoms with E-state index >= 15 is 8.78 Å². The first-order chi connectivity index (χ1) is 19.9. The Bertz CT molecular complexity index is 1550. The largest absolute Gasteiger partial charge is 0.380 e. The van der Waals surface area contributed by atoms with Gasteiger partial charge < -0.3 is 14.0 Å². The summed E-state index contributed by atoms with van der Waals surface area (Å²) in [6.45, 7) is 15.7. The Morgan fingerprint density at radius 2 is 1.67 bits per heavy atom. The molecule has 0 saturated heterocycles. The standard InChI is InChI=1S/C30H43BrF2N2O5SSi2/c1-8-13-41(37,38)26(19-39-11-14-42(2,3)4)22-9-10-25(32)27(28(22)33)29(36)24-18-35(20-40-12-15-43(5,6)7)30-23(24)16-21(31)17-34-30/h9-10,16-18,26H,8,11-15,19-20H2,1-7H3. The quantitative estimate of drug-likeness (QED) is 0.0853. The molecule has 0 amide bonds. The molecule has 238 valence electrons. The molecule has 0 radical (unpaired) electrons. The Labute approximate surface area is 264 Å². The number of ketones is 1. The minimum absolute atomic E-state index is 0.0342. The fourth-order valence-electron chi connectivity index (χ4n) is 4.51. The number of rotatable bonds is 16. The van der Waals surface area contributed by atoms with Crippen LogP contribution in [-0.4, -0.2) is 65.5 Å². The third kappa shape index (κ3) is 9.60. The molecule has 7 nitrogen and oxygen atoms in total. The van der Waals surface area contributed by atoms with Gasteiger partial charge in [-0.15, -0.1) is 0 Å². The first-order valence-electron chi connectivity index (χ1n) is 14.5. The number of carbonyl (C=O) groups excluding carboxylic acids is 1. The van der Waals surface area contributed by atoms with Gasteiger partial charge in [0.15, 0.2) is 9.84 Å². The highest BCUT2D eigenvalue weighted by atomic mass is 79.9. The van der Waals surface area contributed by atoms with Crippen LogP contribution in [0.25, 0.3) is 11.0 Å². The molecule has 1 aromatic carbocycles. The Kier molecular flexibility index (Phi) is 12.1. The van der Waals surface area contributed by atoms with E-state index in [0.717, 1.165) is 24.2 Å². The fourth-order valence-corrected chi connectivity index (χ4v) is 8.08. The number of benzene rings is 1. The van der Waals surface area contributed by atoms with Crippen molar-refractivity contribution >= 4 is 58.7 Å². The van der Waals surface area contributed by atoms with Crippen LogP contribution in [0.4, 0.5) is 8.78 Å². The van der Waals surface area contributed by atoms with Crippen molar-refractivity contribution in [3.8, 4) is 0 Å². The molecular formula is C30H43BrF2N2O5SSi2. The van der Waals surface area contributed by atoms with E-state index in [2.05, 4.69) is 60.2 Å². The highest BCUT2D eigenvalue weighted by molar-refractivity contribution is 9.10. The topological polar surface area (TPSA) is 87.5 Å². The highest BCUT2D eigenvalue weighted by Gasteiger charge is 2.34. The first kappa shape index (κ1) is 35.7. The van der Waals surface area contributed by atoms with Crippen LogP contribution in [0.3, 0.4) is 0 Å². The second-order valence-electron chi connectivity index (χ2n) is 13.3. The van der Waals surface area contributed by atoms with E-state index in [9.17, 15) is 13.2 Å². The van der Waals surface area contributed by atoms with Crippen LogP contribution in [0.1, 0.15) is 40.1 Å². The second-order valence-corrected chi connectivity index (χ2v) is 27.7. The molecule has 0 N–H and O–H groups in total. The van der Waals surface area contributed by atoms with Crippen LogP contribution in [0, 0.1) is 11.6 Å². The number of pyridine rings is 1. The number of hydrogen-bond acceptors (Lipinski definition) is 6. The third-order valence-electron chi connectivity index (χ3n) is 7.03. The molecule has 1 unspecified atom stereocenters. The molecule has 0 aliphatic carbocycles. The maximum atomic E-state index is 16.2. The number of hydrogen-bond donors (Lipinski definition) is 0. The van der Waals surface area contributed by atoms with E-state index < -0.39 is 54.2 Å². The molecule has 13 heteroatoms. The summed E-state index contributed by atoms with van der Waals surface area (Å²) in [6.07, 6.45) is 3.38. The lowest BCUT2D eigenvalue weighted by Crippen LogP contribution is -2.26. The van der Waals surface area contributed by atoms with Crippen LogP contribution in [0.2, 0.25) is 51.4 Å². The van der Waals surface area contributed by atoms with Crippen molar-refractivity contribution in [2.45, 2.75) is 76.7 Å². The Morgan fingerprint density at radius 3 is 2.28 bits per heavy atom. The zero-order valence-corrected chi connectivity index (χ0v) is 30.5. The molecule has 1 atom stereocenters. The van der Waals surface area contributed by atoms with E-state index in [1.165, 1.54) is 6.20 Å². The molecule has 0 fully saturated rings. The van der Waals surface area contributed by atoms with E-state index in [-0.39, 0.29) is 30.2 Å². The zero-order valence-electron chi connectivity index (χ0n) is 26.1. The summed E-state index contributed by atoms with van der Waals surface area (Å²) in [5, 5.41) is -0.986. The van der Waals surface area contributed by atoms with Crippen LogP contribution in [0.15, 0.2) is 35.1 Å². The van der Waals surface area contributed by atoms with Gasteiger partial charge in [0.05, 0.1) is 23.5 Å². The van der Waals surface area contributed by atoms with Crippen molar-refractivity contribution in [1.29, 1.82) is 0 Å². The lowest BCUT2D eigenvalue weighted by molar-refractivity contribution is 0.0896. The smallest absolute Gasteiger partial charge is 0.201 e. The summed E-state index contributed by atoms with van der Waals surface area (Å²) in [7, 11) is -6.64. The minimum atomic E-state index is -3.86. The average Bonchev–Trinajstić information content (AvgIpc) is 3.23. The van der Waals surface area contributed by atoms with Gasteiger partial charge in [-0.05, 0) is 46.6 Å². The number of ether oxygens (including phenoxy) is 2. The Hall–Kier alpha value is -1.78. The summed E-state index contributed by atoms with van der Waals surface area (Å²) in [5.74, 6) is -3.37. The van der Waals surface area contributed by atoms with Crippen molar-refractivity contribution in [1.82, 2.24) is 9.55 Å². The summed E-state index contributed by atoms with van der Waals surface area (Å²) >= 11 is 3.37. The number of sulfone groups is 1. The van der Waals surface area contributed by atoms with Crippen molar-refractivity contribution in [2.75, 3.05) is 25.6 Å². The molecule has 2 aromatic heterocycles. The summed E-state index contributed by atoms with van der Waals surface area (Å²) in [6, 6.07) is 5.47. The number of halogens is 3.